The maximum Gasteiger partial charge on any atom is 0.262 e. The largest absolute Gasteiger partial charge is 0.337 e. The van der Waals surface area contributed by atoms with Crippen LogP contribution in [-0.2, 0) is 17.1 Å². The minimum atomic E-state index is -3.46. The molecule has 2 rings (SSSR count). The lowest BCUT2D eigenvalue weighted by atomic mass is 9.91. The molecule has 0 aliphatic carbocycles. The third-order valence-corrected chi connectivity index (χ3v) is 6.02. The molecule has 0 bridgehead atoms. The Kier molecular flexibility index (Phi) is 4.51. The summed E-state index contributed by atoms with van der Waals surface area (Å²) >= 11 is 0. The van der Waals surface area contributed by atoms with Crippen molar-refractivity contribution in [3.05, 3.63) is 12.0 Å². The van der Waals surface area contributed by atoms with E-state index in [1.54, 1.807) is 22.0 Å². The van der Waals surface area contributed by atoms with Crippen molar-refractivity contribution in [3.63, 3.8) is 0 Å². The number of nitrogens with one attached hydrogen (secondary N) is 1. The highest BCUT2D eigenvalue weighted by Gasteiger charge is 2.35. The highest BCUT2D eigenvalue weighted by atomic mass is 32.2. The third kappa shape index (κ3) is 2.75. The Hall–Kier alpha value is -0.920. The third-order valence-electron chi connectivity index (χ3n) is 4.28. The predicted octanol–water partition coefficient (Wildman–Crippen LogP) is 0.737. The highest BCUT2D eigenvalue weighted by Crippen LogP contribution is 2.25. The summed E-state index contributed by atoms with van der Waals surface area (Å²) in [6.07, 6.45) is 3.41. The zero-order valence-electron chi connectivity index (χ0n) is 12.6. The van der Waals surface area contributed by atoms with Crippen LogP contribution >= 0.6 is 0 Å². The molecule has 0 spiro atoms. The number of aryl methyl sites for hydroxylation is 2. The van der Waals surface area contributed by atoms with E-state index in [1.807, 2.05) is 14.1 Å². The molecule has 1 aliphatic heterocycles. The molecule has 1 aromatic rings. The van der Waals surface area contributed by atoms with Crippen molar-refractivity contribution >= 4 is 10.0 Å². The van der Waals surface area contributed by atoms with Gasteiger partial charge in [-0.1, -0.05) is 13.3 Å². The van der Waals surface area contributed by atoms with Gasteiger partial charge in [-0.25, -0.2) is 13.4 Å². The second-order valence-corrected chi connectivity index (χ2v) is 7.34. The Morgan fingerprint density at radius 2 is 2.20 bits per heavy atom. The average Bonchev–Trinajstić information content (AvgIpc) is 2.78. The molecule has 0 amide bonds. The number of piperidine rings is 1. The normalized spacial score (nSPS) is 25.0. The summed E-state index contributed by atoms with van der Waals surface area (Å²) < 4.78 is 28.6. The molecular formula is C13H24N4O2S. The zero-order valence-corrected chi connectivity index (χ0v) is 13.4. The summed E-state index contributed by atoms with van der Waals surface area (Å²) in [6.45, 7) is 5.04. The summed E-state index contributed by atoms with van der Waals surface area (Å²) in [4.78, 5) is 4.16. The van der Waals surface area contributed by atoms with Gasteiger partial charge in [0.25, 0.3) is 10.0 Å². The number of rotatable bonds is 4. The zero-order chi connectivity index (χ0) is 14.9. The molecule has 114 valence electrons. The van der Waals surface area contributed by atoms with E-state index in [4.69, 9.17) is 0 Å². The van der Waals surface area contributed by atoms with Gasteiger partial charge in [-0.05, 0) is 26.3 Å². The van der Waals surface area contributed by atoms with Gasteiger partial charge in [0.2, 0.25) is 0 Å². The van der Waals surface area contributed by atoms with Crippen LogP contribution in [0, 0.1) is 12.8 Å². The Morgan fingerprint density at radius 3 is 2.70 bits per heavy atom. The van der Waals surface area contributed by atoms with Crippen molar-refractivity contribution < 1.29 is 8.42 Å². The Balaban J connectivity index is 2.22. The van der Waals surface area contributed by atoms with Gasteiger partial charge >= 0.3 is 0 Å². The molecule has 1 aromatic heterocycles. The molecule has 6 nitrogen and oxygen atoms in total. The van der Waals surface area contributed by atoms with Crippen LogP contribution in [0.3, 0.4) is 0 Å². The van der Waals surface area contributed by atoms with Gasteiger partial charge in [0, 0.05) is 32.4 Å². The first-order valence-corrected chi connectivity index (χ1v) is 8.51. The van der Waals surface area contributed by atoms with Gasteiger partial charge in [-0.15, -0.1) is 0 Å². The lowest BCUT2D eigenvalue weighted by molar-refractivity contribution is 0.209. The summed E-state index contributed by atoms with van der Waals surface area (Å²) in [5.74, 6) is 1.06. The Labute approximate surface area is 121 Å². The van der Waals surface area contributed by atoms with Gasteiger partial charge in [0.15, 0.2) is 5.03 Å². The molecule has 0 saturated carbocycles. The molecule has 1 N–H and O–H groups in total. The lowest BCUT2D eigenvalue weighted by Crippen LogP contribution is -2.50. The second-order valence-electron chi connectivity index (χ2n) is 5.45. The predicted molar refractivity (Wildman–Crippen MR) is 77.9 cm³/mol. The minimum Gasteiger partial charge on any atom is -0.337 e. The quantitative estimate of drug-likeness (QED) is 0.890. The van der Waals surface area contributed by atoms with Gasteiger partial charge in [-0.3, -0.25) is 0 Å². The molecule has 1 aliphatic rings. The smallest absolute Gasteiger partial charge is 0.262 e. The first-order chi connectivity index (χ1) is 9.40. The van der Waals surface area contributed by atoms with Gasteiger partial charge in [-0.2, -0.15) is 4.31 Å². The van der Waals surface area contributed by atoms with Crippen LogP contribution < -0.4 is 5.32 Å². The van der Waals surface area contributed by atoms with Crippen LogP contribution in [0.4, 0.5) is 0 Å². The van der Waals surface area contributed by atoms with Crippen LogP contribution in [0.25, 0.3) is 0 Å². The van der Waals surface area contributed by atoms with Crippen molar-refractivity contribution in [1.82, 2.24) is 19.2 Å². The number of nitrogens with zero attached hydrogens (tertiary/aromatic N) is 3. The van der Waals surface area contributed by atoms with Crippen molar-refractivity contribution in [2.24, 2.45) is 13.0 Å². The SMILES string of the molecule is CCC1CN(S(=O)(=O)c2cn(C)c(C)n2)CCC1NC. The van der Waals surface area contributed by atoms with E-state index >= 15 is 0 Å². The molecular weight excluding hydrogens is 276 g/mol. The fraction of sp³-hybridized carbons (Fsp3) is 0.769. The van der Waals surface area contributed by atoms with E-state index in [2.05, 4.69) is 17.2 Å². The fourth-order valence-electron chi connectivity index (χ4n) is 2.79. The molecule has 2 atom stereocenters. The van der Waals surface area contributed by atoms with Crippen molar-refractivity contribution in [1.29, 1.82) is 0 Å². The summed E-state index contributed by atoms with van der Waals surface area (Å²) in [6, 6.07) is 0.400. The van der Waals surface area contributed by atoms with E-state index in [9.17, 15) is 8.42 Å². The number of sulfonamides is 1. The number of hydrogen-bond acceptors (Lipinski definition) is 4. The van der Waals surface area contributed by atoms with Gasteiger partial charge in [0.1, 0.15) is 5.82 Å². The summed E-state index contributed by atoms with van der Waals surface area (Å²) in [7, 11) is 0.288. The molecule has 2 heterocycles. The lowest BCUT2D eigenvalue weighted by Gasteiger charge is -2.37. The Bertz CT molecular complexity index is 547. The number of aromatic nitrogens is 2. The van der Waals surface area contributed by atoms with E-state index in [0.29, 0.717) is 30.9 Å². The first-order valence-electron chi connectivity index (χ1n) is 7.07. The van der Waals surface area contributed by atoms with Crippen LogP contribution in [0.5, 0.6) is 0 Å². The van der Waals surface area contributed by atoms with Crippen molar-refractivity contribution in [2.45, 2.75) is 37.8 Å². The van der Waals surface area contributed by atoms with Crippen LogP contribution in [0.2, 0.25) is 0 Å². The first kappa shape index (κ1) is 15.5. The van der Waals surface area contributed by atoms with Crippen LogP contribution in [0.1, 0.15) is 25.6 Å². The van der Waals surface area contributed by atoms with E-state index in [0.717, 1.165) is 12.8 Å². The minimum absolute atomic E-state index is 0.162. The number of imidazole rings is 1. The molecule has 0 aromatic carbocycles. The highest BCUT2D eigenvalue weighted by molar-refractivity contribution is 7.89. The molecule has 1 saturated heterocycles. The summed E-state index contributed by atoms with van der Waals surface area (Å²) in [5, 5.41) is 3.45. The van der Waals surface area contributed by atoms with Gasteiger partial charge in [0.05, 0.1) is 0 Å². The van der Waals surface area contributed by atoms with Crippen LogP contribution in [-0.4, -0.2) is 48.5 Å². The van der Waals surface area contributed by atoms with Crippen LogP contribution in [0.15, 0.2) is 11.2 Å². The maximum atomic E-state index is 12.6. The standard InChI is InChI=1S/C13H24N4O2S/c1-5-11-8-17(7-6-12(11)14-3)20(18,19)13-9-16(4)10(2)15-13/h9,11-12,14H,5-8H2,1-4H3. The van der Waals surface area contributed by atoms with E-state index < -0.39 is 10.0 Å². The average molecular weight is 300 g/mol. The fourth-order valence-corrected chi connectivity index (χ4v) is 4.33. The summed E-state index contributed by atoms with van der Waals surface area (Å²) in [5.41, 5.74) is 0. The molecule has 1 fully saturated rings. The molecule has 7 heteroatoms. The maximum absolute atomic E-state index is 12.6. The topological polar surface area (TPSA) is 67.2 Å². The second kappa shape index (κ2) is 5.83. The monoisotopic (exact) mass is 300 g/mol. The van der Waals surface area contributed by atoms with Gasteiger partial charge < -0.3 is 9.88 Å². The Morgan fingerprint density at radius 1 is 1.50 bits per heavy atom. The van der Waals surface area contributed by atoms with E-state index in [-0.39, 0.29) is 5.03 Å². The molecule has 20 heavy (non-hydrogen) atoms. The number of hydrogen-bond donors (Lipinski definition) is 1. The van der Waals surface area contributed by atoms with E-state index in [1.165, 1.54) is 0 Å². The molecule has 0 radical (unpaired) electrons. The van der Waals surface area contributed by atoms with Crippen molar-refractivity contribution in [3.8, 4) is 0 Å². The molecule has 2 unspecified atom stereocenters. The van der Waals surface area contributed by atoms with Crippen molar-refractivity contribution in [2.75, 3.05) is 20.1 Å².